The second kappa shape index (κ2) is 22.4. The molecule has 96 heavy (non-hydrogen) atoms. The van der Waals surface area contributed by atoms with Gasteiger partial charge in [0, 0.05) is 55.1 Å². The van der Waals surface area contributed by atoms with Gasteiger partial charge in [0.25, 0.3) is 0 Å². The van der Waals surface area contributed by atoms with E-state index in [9.17, 15) is 0 Å². The van der Waals surface area contributed by atoms with Gasteiger partial charge in [-0.15, -0.1) is 0 Å². The molecule has 0 radical (unpaired) electrons. The van der Waals surface area contributed by atoms with Crippen LogP contribution in [0.5, 0.6) is 0 Å². The molecule has 2 heterocycles. The molecule has 0 bridgehead atoms. The molecule has 0 amide bonds. The van der Waals surface area contributed by atoms with Gasteiger partial charge >= 0.3 is 0 Å². The fourth-order valence-electron chi connectivity index (χ4n) is 15.5. The standard InChI is InChI=1S/C49H35NO.C43H31NO/c1-49(2)44-15-7-5-12-40(44)41-29-24-37(31-45(41)49)34-22-27-39(28-23-34)50(46-16-9-14-43-42-13-6-8-17-47(42)51-48(43)46)38-25-20-33(21-26-38)36-19-18-32-10-3-4-11-35(32)30-36;1-43(2)38-15-7-5-12-34(38)35-25-24-33(27-39(35)43)44(40-16-9-14-37-36-13-6-8-17-41(36)45-42(37)40)32-22-20-29(21-23-32)31-19-18-28-10-3-4-11-30(28)26-31/h3-31H,1-2H3;3-27H,1-2H3. The second-order valence-corrected chi connectivity index (χ2v) is 26.8. The molecule has 0 spiro atoms. The van der Waals surface area contributed by atoms with Crippen LogP contribution in [-0.4, -0.2) is 0 Å². The maximum Gasteiger partial charge on any atom is 0.159 e. The molecule has 0 saturated heterocycles. The average molecular weight is 1230 g/mol. The Morgan fingerprint density at radius 1 is 0.229 bits per heavy atom. The molecule has 2 aliphatic rings. The van der Waals surface area contributed by atoms with E-state index in [0.717, 1.165) is 78.0 Å². The van der Waals surface area contributed by atoms with Crippen LogP contribution in [0, 0.1) is 0 Å². The summed E-state index contributed by atoms with van der Waals surface area (Å²) < 4.78 is 13.2. The Morgan fingerprint density at radius 3 is 1.04 bits per heavy atom. The smallest absolute Gasteiger partial charge is 0.159 e. The SMILES string of the molecule is CC1(C)c2ccccc2-c2ccc(-c3ccc(N(c4ccc(-c5ccc6ccccc6c5)cc4)c4cccc5c4oc4ccccc45)cc3)cc21.CC1(C)c2ccccc2-c2ccc(N(c3ccc(-c4ccc5ccccc5c4)cc3)c3cccc4c3oc3ccccc34)cc21. The Labute approximate surface area is 558 Å². The van der Waals surface area contributed by atoms with E-state index < -0.39 is 0 Å². The van der Waals surface area contributed by atoms with Crippen molar-refractivity contribution in [2.75, 3.05) is 9.80 Å². The lowest BCUT2D eigenvalue weighted by molar-refractivity contribution is 0.660. The summed E-state index contributed by atoms with van der Waals surface area (Å²) in [6.07, 6.45) is 0. The van der Waals surface area contributed by atoms with Crippen molar-refractivity contribution in [1.82, 2.24) is 0 Å². The van der Waals surface area contributed by atoms with E-state index in [-0.39, 0.29) is 10.8 Å². The minimum Gasteiger partial charge on any atom is -0.454 e. The van der Waals surface area contributed by atoms with E-state index in [1.54, 1.807) is 0 Å². The molecule has 0 unspecified atom stereocenters. The largest absolute Gasteiger partial charge is 0.454 e. The van der Waals surface area contributed by atoms with Gasteiger partial charge in [0.15, 0.2) is 11.2 Å². The summed E-state index contributed by atoms with van der Waals surface area (Å²) in [4.78, 5) is 4.68. The summed E-state index contributed by atoms with van der Waals surface area (Å²) in [6, 6.07) is 118. The molecule has 0 aliphatic heterocycles. The topological polar surface area (TPSA) is 32.8 Å². The first-order chi connectivity index (χ1) is 47.1. The zero-order chi connectivity index (χ0) is 64.2. The van der Waals surface area contributed by atoms with Gasteiger partial charge in [-0.05, 0) is 190 Å². The van der Waals surface area contributed by atoms with Crippen LogP contribution in [0.3, 0.4) is 0 Å². The first-order valence-corrected chi connectivity index (χ1v) is 33.3. The van der Waals surface area contributed by atoms with Crippen LogP contribution in [0.15, 0.2) is 336 Å². The molecule has 15 aromatic carbocycles. The lowest BCUT2D eigenvalue weighted by Crippen LogP contribution is -2.16. The maximum atomic E-state index is 6.58. The Kier molecular flexibility index (Phi) is 13.2. The number of para-hydroxylation sites is 4. The highest BCUT2D eigenvalue weighted by atomic mass is 16.3. The zero-order valence-corrected chi connectivity index (χ0v) is 53.9. The molecule has 0 N–H and O–H groups in total. The van der Waals surface area contributed by atoms with Crippen LogP contribution in [0.2, 0.25) is 0 Å². The molecule has 19 rings (SSSR count). The van der Waals surface area contributed by atoms with Crippen LogP contribution in [0.4, 0.5) is 34.1 Å². The molecule has 2 aliphatic carbocycles. The van der Waals surface area contributed by atoms with Gasteiger partial charge in [0.05, 0.1) is 11.4 Å². The summed E-state index contributed by atoms with van der Waals surface area (Å²) in [5, 5.41) is 9.48. The van der Waals surface area contributed by atoms with E-state index in [2.05, 4.69) is 347 Å². The molecule has 0 saturated carbocycles. The van der Waals surface area contributed by atoms with E-state index in [0.29, 0.717) is 0 Å². The van der Waals surface area contributed by atoms with E-state index >= 15 is 0 Å². The van der Waals surface area contributed by atoms with Gasteiger partial charge in [0.1, 0.15) is 11.2 Å². The molecular formula is C92H66N2O2. The van der Waals surface area contributed by atoms with Gasteiger partial charge in [-0.3, -0.25) is 0 Å². The van der Waals surface area contributed by atoms with Gasteiger partial charge in [-0.1, -0.05) is 264 Å². The van der Waals surface area contributed by atoms with Crippen molar-refractivity contribution in [1.29, 1.82) is 0 Å². The van der Waals surface area contributed by atoms with Crippen LogP contribution in [0.1, 0.15) is 49.9 Å². The van der Waals surface area contributed by atoms with E-state index in [1.165, 1.54) is 99.4 Å². The summed E-state index contributed by atoms with van der Waals surface area (Å²) in [5.74, 6) is 0. The second-order valence-electron chi connectivity index (χ2n) is 26.8. The predicted octanol–water partition coefficient (Wildman–Crippen LogP) is 26.0. The van der Waals surface area contributed by atoms with E-state index in [4.69, 9.17) is 8.83 Å². The molecule has 0 fully saturated rings. The van der Waals surface area contributed by atoms with Crippen molar-refractivity contribution >= 4 is 99.5 Å². The van der Waals surface area contributed by atoms with Crippen molar-refractivity contribution in [2.24, 2.45) is 0 Å². The number of hydrogen-bond donors (Lipinski definition) is 0. The van der Waals surface area contributed by atoms with Crippen LogP contribution in [-0.2, 0) is 10.8 Å². The van der Waals surface area contributed by atoms with Crippen molar-refractivity contribution in [3.05, 3.63) is 350 Å². The highest BCUT2D eigenvalue weighted by Crippen LogP contribution is 2.53. The minimum atomic E-state index is -0.0983. The first kappa shape index (κ1) is 56.7. The summed E-state index contributed by atoms with van der Waals surface area (Å²) in [5.41, 5.74) is 27.8. The molecule has 0 atom stereocenters. The van der Waals surface area contributed by atoms with Crippen molar-refractivity contribution in [3.8, 4) is 55.6 Å². The van der Waals surface area contributed by atoms with E-state index in [1.807, 2.05) is 18.2 Å². The zero-order valence-electron chi connectivity index (χ0n) is 53.9. The normalized spacial score (nSPS) is 13.2. The number of furan rings is 2. The van der Waals surface area contributed by atoms with Gasteiger partial charge in [-0.2, -0.15) is 0 Å². The molecular weight excluding hydrogens is 1170 g/mol. The third kappa shape index (κ3) is 9.35. The van der Waals surface area contributed by atoms with Crippen molar-refractivity contribution < 1.29 is 8.83 Å². The molecule has 17 aromatic rings. The van der Waals surface area contributed by atoms with Gasteiger partial charge < -0.3 is 18.6 Å². The van der Waals surface area contributed by atoms with Crippen LogP contribution >= 0.6 is 0 Å². The fraction of sp³-hybridized carbons (Fsp3) is 0.0652. The number of hydrogen-bond acceptors (Lipinski definition) is 4. The monoisotopic (exact) mass is 1230 g/mol. The minimum absolute atomic E-state index is 0.0387. The summed E-state index contributed by atoms with van der Waals surface area (Å²) in [7, 11) is 0. The Hall–Kier alpha value is -12.0. The maximum absolute atomic E-state index is 6.58. The van der Waals surface area contributed by atoms with Crippen LogP contribution < -0.4 is 9.80 Å². The number of fused-ring (bicyclic) bond motifs is 14. The molecule has 4 nitrogen and oxygen atoms in total. The summed E-state index contributed by atoms with van der Waals surface area (Å²) in [6.45, 7) is 9.35. The predicted molar refractivity (Wildman–Crippen MR) is 403 cm³/mol. The quantitative estimate of drug-likeness (QED) is 0.144. The summed E-state index contributed by atoms with van der Waals surface area (Å²) >= 11 is 0. The molecule has 2 aromatic heterocycles. The van der Waals surface area contributed by atoms with Crippen molar-refractivity contribution in [2.45, 2.75) is 38.5 Å². The van der Waals surface area contributed by atoms with Crippen LogP contribution in [0.25, 0.3) is 121 Å². The average Bonchev–Trinajstić information content (AvgIpc) is 1.57. The fourth-order valence-corrected chi connectivity index (χ4v) is 15.5. The van der Waals surface area contributed by atoms with Gasteiger partial charge in [0.2, 0.25) is 0 Å². The lowest BCUT2D eigenvalue weighted by atomic mass is 9.81. The number of anilines is 6. The Morgan fingerprint density at radius 2 is 0.562 bits per heavy atom. The molecule has 456 valence electrons. The molecule has 4 heteroatoms. The van der Waals surface area contributed by atoms with Crippen molar-refractivity contribution in [3.63, 3.8) is 0 Å². The third-order valence-corrected chi connectivity index (χ3v) is 20.5. The number of benzene rings is 15. The Balaban J connectivity index is 0.000000141. The van der Waals surface area contributed by atoms with Gasteiger partial charge in [-0.25, -0.2) is 0 Å². The lowest BCUT2D eigenvalue weighted by Gasteiger charge is -2.28. The highest BCUT2D eigenvalue weighted by Gasteiger charge is 2.37. The number of nitrogens with zero attached hydrogens (tertiary/aromatic N) is 2. The Bertz CT molecular complexity index is 5910. The number of rotatable bonds is 9. The third-order valence-electron chi connectivity index (χ3n) is 20.5. The first-order valence-electron chi connectivity index (χ1n) is 33.3. The highest BCUT2D eigenvalue weighted by molar-refractivity contribution is 6.12.